The number of pyridine rings is 1. The van der Waals surface area contributed by atoms with Gasteiger partial charge in [-0.1, -0.05) is 6.92 Å². The highest BCUT2D eigenvalue weighted by molar-refractivity contribution is 9.10. The Bertz CT molecular complexity index is 452. The summed E-state index contributed by atoms with van der Waals surface area (Å²) < 4.78 is 1.05. The van der Waals surface area contributed by atoms with E-state index < -0.39 is 0 Å². The number of rotatable bonds is 7. The molecule has 2 heterocycles. The van der Waals surface area contributed by atoms with Crippen LogP contribution in [0.15, 0.2) is 16.7 Å². The van der Waals surface area contributed by atoms with Gasteiger partial charge in [0.25, 0.3) is 0 Å². The number of anilines is 1. The van der Waals surface area contributed by atoms with Gasteiger partial charge in [-0.3, -0.25) is 0 Å². The molecule has 0 aliphatic carbocycles. The van der Waals surface area contributed by atoms with Gasteiger partial charge in [0, 0.05) is 42.4 Å². The smallest absolute Gasteiger partial charge is 0.132 e. The van der Waals surface area contributed by atoms with Crippen molar-refractivity contribution in [3.63, 3.8) is 0 Å². The quantitative estimate of drug-likeness (QED) is 0.762. The van der Waals surface area contributed by atoms with Crippen molar-refractivity contribution in [1.82, 2.24) is 15.2 Å². The summed E-state index contributed by atoms with van der Waals surface area (Å²) in [6.45, 7) is 6.37. The van der Waals surface area contributed by atoms with Crippen molar-refractivity contribution in [2.24, 2.45) is 0 Å². The number of halogens is 1. The molecule has 118 valence electrons. The van der Waals surface area contributed by atoms with Crippen LogP contribution in [0.4, 0.5) is 5.82 Å². The fourth-order valence-electron chi connectivity index (χ4n) is 2.96. The van der Waals surface area contributed by atoms with Crippen molar-refractivity contribution in [3.05, 3.63) is 22.3 Å². The van der Waals surface area contributed by atoms with Gasteiger partial charge in [0.15, 0.2) is 0 Å². The second kappa shape index (κ2) is 8.11. The van der Waals surface area contributed by atoms with Crippen LogP contribution < -0.4 is 10.2 Å². The molecule has 0 aromatic carbocycles. The minimum atomic E-state index is 0.650. The molecule has 1 fully saturated rings. The molecule has 21 heavy (non-hydrogen) atoms. The lowest BCUT2D eigenvalue weighted by Crippen LogP contribution is -2.37. The molecule has 1 saturated heterocycles. The Kier molecular flexibility index (Phi) is 6.45. The van der Waals surface area contributed by atoms with Crippen molar-refractivity contribution in [1.29, 1.82) is 0 Å². The lowest BCUT2D eigenvalue weighted by molar-refractivity contribution is 0.314. The van der Waals surface area contributed by atoms with Crippen LogP contribution in [0.3, 0.4) is 0 Å². The zero-order valence-electron chi connectivity index (χ0n) is 13.4. The summed E-state index contributed by atoms with van der Waals surface area (Å²) in [5.74, 6) is 1.10. The normalized spacial score (nSPS) is 19.1. The van der Waals surface area contributed by atoms with Crippen LogP contribution >= 0.6 is 15.9 Å². The standard InChI is InChI=1S/C16H27BrN4/c1-4-7-18-10-13-9-14(17)11-19-16(13)21(3)12-15-6-5-8-20(15)2/h9,11,15,18H,4-8,10,12H2,1-3H3. The number of likely N-dealkylation sites (tertiary alicyclic amines) is 1. The van der Waals surface area contributed by atoms with Crippen molar-refractivity contribution in [2.45, 2.75) is 38.8 Å². The Morgan fingerprint density at radius 1 is 1.52 bits per heavy atom. The highest BCUT2D eigenvalue weighted by Gasteiger charge is 2.23. The van der Waals surface area contributed by atoms with E-state index in [2.05, 4.69) is 63.1 Å². The Hall–Kier alpha value is -0.650. The number of likely N-dealkylation sites (N-methyl/N-ethyl adjacent to an activating group) is 2. The van der Waals surface area contributed by atoms with Crippen LogP contribution in [0, 0.1) is 0 Å². The molecule has 0 radical (unpaired) electrons. The average molecular weight is 355 g/mol. The molecule has 0 bridgehead atoms. The zero-order chi connectivity index (χ0) is 15.2. The van der Waals surface area contributed by atoms with Crippen LogP contribution in [0.5, 0.6) is 0 Å². The maximum atomic E-state index is 4.64. The highest BCUT2D eigenvalue weighted by Crippen LogP contribution is 2.23. The van der Waals surface area contributed by atoms with Gasteiger partial charge < -0.3 is 15.1 Å². The first-order valence-electron chi connectivity index (χ1n) is 7.88. The predicted octanol–water partition coefficient (Wildman–Crippen LogP) is 2.87. The molecule has 1 aromatic heterocycles. The van der Waals surface area contributed by atoms with E-state index in [9.17, 15) is 0 Å². The average Bonchev–Trinajstić information content (AvgIpc) is 2.84. The van der Waals surface area contributed by atoms with E-state index in [-0.39, 0.29) is 0 Å². The summed E-state index contributed by atoms with van der Waals surface area (Å²) in [5, 5.41) is 3.48. The molecule has 1 unspecified atom stereocenters. The minimum Gasteiger partial charge on any atom is -0.358 e. The van der Waals surface area contributed by atoms with Gasteiger partial charge in [-0.05, 0) is 61.4 Å². The topological polar surface area (TPSA) is 31.4 Å². The van der Waals surface area contributed by atoms with Gasteiger partial charge in [-0.15, -0.1) is 0 Å². The third kappa shape index (κ3) is 4.66. The second-order valence-corrected chi connectivity index (χ2v) is 6.89. The molecule has 0 saturated carbocycles. The molecule has 1 aliphatic rings. The third-order valence-corrected chi connectivity index (χ3v) is 4.60. The van der Waals surface area contributed by atoms with Gasteiger partial charge in [0.2, 0.25) is 0 Å². The summed E-state index contributed by atoms with van der Waals surface area (Å²) >= 11 is 3.54. The van der Waals surface area contributed by atoms with E-state index >= 15 is 0 Å². The molecule has 0 amide bonds. The lowest BCUT2D eigenvalue weighted by Gasteiger charge is -2.28. The third-order valence-electron chi connectivity index (χ3n) is 4.17. The predicted molar refractivity (Wildman–Crippen MR) is 92.9 cm³/mol. The first-order valence-corrected chi connectivity index (χ1v) is 8.67. The number of aromatic nitrogens is 1. The Morgan fingerprint density at radius 3 is 3.00 bits per heavy atom. The van der Waals surface area contributed by atoms with E-state index in [0.29, 0.717) is 6.04 Å². The Morgan fingerprint density at radius 2 is 2.33 bits per heavy atom. The molecular formula is C16H27BrN4. The van der Waals surface area contributed by atoms with Crippen LogP contribution in [-0.2, 0) is 6.54 Å². The van der Waals surface area contributed by atoms with Crippen LogP contribution in [0.1, 0.15) is 31.7 Å². The zero-order valence-corrected chi connectivity index (χ0v) is 15.0. The summed E-state index contributed by atoms with van der Waals surface area (Å²) in [4.78, 5) is 9.41. The van der Waals surface area contributed by atoms with Crippen molar-refractivity contribution < 1.29 is 0 Å². The second-order valence-electron chi connectivity index (χ2n) is 5.97. The minimum absolute atomic E-state index is 0.650. The Labute approximate surface area is 137 Å². The Balaban J connectivity index is 2.05. The number of nitrogens with zero attached hydrogens (tertiary/aromatic N) is 3. The molecule has 5 heteroatoms. The summed E-state index contributed by atoms with van der Waals surface area (Å²) in [5.41, 5.74) is 1.26. The fourth-order valence-corrected chi connectivity index (χ4v) is 3.34. The molecule has 0 spiro atoms. The van der Waals surface area contributed by atoms with Gasteiger partial charge in [-0.2, -0.15) is 0 Å². The van der Waals surface area contributed by atoms with E-state index in [4.69, 9.17) is 0 Å². The first kappa shape index (κ1) is 16.7. The van der Waals surface area contributed by atoms with Crippen molar-refractivity contribution in [3.8, 4) is 0 Å². The van der Waals surface area contributed by atoms with Crippen molar-refractivity contribution in [2.75, 3.05) is 38.6 Å². The van der Waals surface area contributed by atoms with Gasteiger partial charge >= 0.3 is 0 Å². The molecular weight excluding hydrogens is 328 g/mol. The number of hydrogen-bond acceptors (Lipinski definition) is 4. The molecule has 2 rings (SSSR count). The van der Waals surface area contributed by atoms with Crippen LogP contribution in [0.2, 0.25) is 0 Å². The maximum Gasteiger partial charge on any atom is 0.132 e. The van der Waals surface area contributed by atoms with E-state index in [0.717, 1.165) is 36.3 Å². The molecule has 1 N–H and O–H groups in total. The lowest BCUT2D eigenvalue weighted by atomic mass is 10.2. The molecule has 1 atom stereocenters. The molecule has 1 aromatic rings. The van der Waals surface area contributed by atoms with Crippen LogP contribution in [-0.4, -0.2) is 49.7 Å². The highest BCUT2D eigenvalue weighted by atomic mass is 79.9. The van der Waals surface area contributed by atoms with Gasteiger partial charge in [-0.25, -0.2) is 4.98 Å². The number of nitrogens with one attached hydrogen (secondary N) is 1. The summed E-state index contributed by atoms with van der Waals surface area (Å²) in [6, 6.07) is 2.83. The monoisotopic (exact) mass is 354 g/mol. The van der Waals surface area contributed by atoms with Gasteiger partial charge in [0.05, 0.1) is 0 Å². The molecule has 1 aliphatic heterocycles. The molecule has 4 nitrogen and oxygen atoms in total. The maximum absolute atomic E-state index is 4.64. The van der Waals surface area contributed by atoms with E-state index in [1.807, 2.05) is 6.20 Å². The summed E-state index contributed by atoms with van der Waals surface area (Å²) in [6.07, 6.45) is 5.65. The van der Waals surface area contributed by atoms with Crippen molar-refractivity contribution >= 4 is 21.7 Å². The first-order chi connectivity index (χ1) is 10.1. The van der Waals surface area contributed by atoms with E-state index in [1.54, 1.807) is 0 Å². The largest absolute Gasteiger partial charge is 0.358 e. The summed E-state index contributed by atoms with van der Waals surface area (Å²) in [7, 11) is 4.38. The number of hydrogen-bond donors (Lipinski definition) is 1. The van der Waals surface area contributed by atoms with E-state index in [1.165, 1.54) is 24.9 Å². The SMILES string of the molecule is CCCNCc1cc(Br)cnc1N(C)CC1CCCN1C. The fraction of sp³-hybridized carbons (Fsp3) is 0.688. The van der Waals surface area contributed by atoms with Crippen LogP contribution in [0.25, 0.3) is 0 Å². The van der Waals surface area contributed by atoms with Gasteiger partial charge in [0.1, 0.15) is 5.82 Å².